The minimum Gasteiger partial charge on any atom is -0.423 e. The molecular formula is C22H14BF6NO4. The van der Waals surface area contributed by atoms with E-state index in [-0.39, 0.29) is 22.2 Å². The van der Waals surface area contributed by atoms with Crippen LogP contribution in [0.3, 0.4) is 0 Å². The van der Waals surface area contributed by atoms with Gasteiger partial charge in [0.05, 0.1) is 11.3 Å². The Kier molecular flexibility index (Phi) is 5.61. The SMILES string of the molecule is O=C1Nc2c(C(F)(F)F)cccc2C1(c1ccc(OC(F)(F)F)cc1)c1ccc(B(O)O)cc1. The number of halogens is 6. The molecule has 1 atom stereocenters. The number of anilines is 1. The summed E-state index contributed by atoms with van der Waals surface area (Å²) in [7, 11) is -1.83. The molecule has 176 valence electrons. The predicted molar refractivity (Wildman–Crippen MR) is 109 cm³/mol. The summed E-state index contributed by atoms with van der Waals surface area (Å²) in [5, 5.41) is 21.0. The van der Waals surface area contributed by atoms with Crippen molar-refractivity contribution in [2.45, 2.75) is 18.0 Å². The summed E-state index contributed by atoms with van der Waals surface area (Å²) >= 11 is 0. The largest absolute Gasteiger partial charge is 0.573 e. The lowest BCUT2D eigenvalue weighted by atomic mass is 9.69. The van der Waals surface area contributed by atoms with Gasteiger partial charge < -0.3 is 20.1 Å². The molecule has 1 amide bonds. The van der Waals surface area contributed by atoms with Crippen molar-refractivity contribution in [3.05, 3.63) is 89.0 Å². The van der Waals surface area contributed by atoms with Crippen LogP contribution in [-0.4, -0.2) is 29.4 Å². The number of carbonyl (C=O) groups excluding carboxylic acids is 1. The maximum absolute atomic E-state index is 13.6. The molecule has 0 fully saturated rings. The van der Waals surface area contributed by atoms with Gasteiger partial charge >= 0.3 is 19.7 Å². The maximum Gasteiger partial charge on any atom is 0.573 e. The Bertz CT molecular complexity index is 1230. The quantitative estimate of drug-likeness (QED) is 0.394. The lowest BCUT2D eigenvalue weighted by molar-refractivity contribution is -0.274. The Morgan fingerprint density at radius 2 is 1.38 bits per heavy atom. The van der Waals surface area contributed by atoms with Crippen LogP contribution in [0.25, 0.3) is 0 Å². The van der Waals surface area contributed by atoms with E-state index in [9.17, 15) is 41.2 Å². The average molecular weight is 481 g/mol. The van der Waals surface area contributed by atoms with E-state index in [0.29, 0.717) is 0 Å². The number of hydrogen-bond acceptors (Lipinski definition) is 4. The van der Waals surface area contributed by atoms with E-state index in [2.05, 4.69) is 10.1 Å². The van der Waals surface area contributed by atoms with E-state index < -0.39 is 48.0 Å². The highest BCUT2D eigenvalue weighted by Gasteiger charge is 2.52. The summed E-state index contributed by atoms with van der Waals surface area (Å²) in [6.07, 6.45) is -9.75. The molecule has 0 bridgehead atoms. The Balaban J connectivity index is 1.96. The number of para-hydroxylation sites is 1. The van der Waals surface area contributed by atoms with Gasteiger partial charge in [0.1, 0.15) is 11.2 Å². The Morgan fingerprint density at radius 1 is 0.824 bits per heavy atom. The molecule has 4 rings (SSSR count). The first-order valence-electron chi connectivity index (χ1n) is 9.69. The number of benzene rings is 3. The number of rotatable bonds is 4. The van der Waals surface area contributed by atoms with Gasteiger partial charge in [-0.2, -0.15) is 13.2 Å². The molecule has 0 radical (unpaired) electrons. The molecule has 1 aliphatic heterocycles. The van der Waals surface area contributed by atoms with Crippen molar-refractivity contribution in [3.8, 4) is 5.75 Å². The molecule has 5 nitrogen and oxygen atoms in total. The van der Waals surface area contributed by atoms with Crippen molar-refractivity contribution in [1.29, 1.82) is 0 Å². The minimum atomic E-state index is -4.96. The third-order valence-electron chi connectivity index (χ3n) is 5.52. The molecule has 0 aromatic heterocycles. The zero-order valence-electron chi connectivity index (χ0n) is 16.9. The first kappa shape index (κ1) is 23.6. The van der Waals surface area contributed by atoms with Crippen molar-refractivity contribution in [2.75, 3.05) is 5.32 Å². The van der Waals surface area contributed by atoms with E-state index in [1.165, 1.54) is 30.3 Å². The van der Waals surface area contributed by atoms with Crippen LogP contribution >= 0.6 is 0 Å². The summed E-state index contributed by atoms with van der Waals surface area (Å²) in [6, 6.07) is 12.7. The van der Waals surface area contributed by atoms with Crippen molar-refractivity contribution < 1.29 is 45.9 Å². The zero-order chi connectivity index (χ0) is 24.9. The van der Waals surface area contributed by atoms with Crippen LogP contribution in [0.1, 0.15) is 22.3 Å². The molecule has 1 unspecified atom stereocenters. The fourth-order valence-corrected chi connectivity index (χ4v) is 4.12. The number of hydrogen-bond donors (Lipinski definition) is 3. The first-order chi connectivity index (χ1) is 15.8. The summed E-state index contributed by atoms with van der Waals surface area (Å²) < 4.78 is 82.5. The van der Waals surface area contributed by atoms with Crippen molar-refractivity contribution in [1.82, 2.24) is 0 Å². The lowest BCUT2D eigenvalue weighted by Crippen LogP contribution is -2.38. The molecule has 0 spiro atoms. The number of alkyl halides is 6. The zero-order valence-corrected chi connectivity index (χ0v) is 16.9. The second-order valence-electron chi connectivity index (χ2n) is 7.50. The van der Waals surface area contributed by atoms with Gasteiger partial charge in [0.2, 0.25) is 5.91 Å². The van der Waals surface area contributed by atoms with Gasteiger partial charge in [0, 0.05) is 5.56 Å². The summed E-state index contributed by atoms with van der Waals surface area (Å²) in [5.74, 6) is -1.44. The number of nitrogens with one attached hydrogen (secondary N) is 1. The van der Waals surface area contributed by atoms with Gasteiger partial charge in [-0.1, -0.05) is 48.5 Å². The maximum atomic E-state index is 13.6. The van der Waals surface area contributed by atoms with Crippen LogP contribution in [0.2, 0.25) is 0 Å². The molecule has 3 aromatic carbocycles. The second kappa shape index (κ2) is 8.06. The van der Waals surface area contributed by atoms with Gasteiger partial charge in [0.25, 0.3) is 0 Å². The summed E-state index contributed by atoms with van der Waals surface area (Å²) in [6.45, 7) is 0. The molecule has 1 aliphatic rings. The fourth-order valence-electron chi connectivity index (χ4n) is 4.12. The molecule has 3 aromatic rings. The highest BCUT2D eigenvalue weighted by molar-refractivity contribution is 6.58. The van der Waals surface area contributed by atoms with E-state index >= 15 is 0 Å². The molecule has 34 heavy (non-hydrogen) atoms. The molecule has 1 heterocycles. The summed E-state index contributed by atoms with van der Waals surface area (Å²) in [5.41, 5.74) is -3.18. The second-order valence-corrected chi connectivity index (χ2v) is 7.50. The van der Waals surface area contributed by atoms with E-state index in [1.54, 1.807) is 0 Å². The van der Waals surface area contributed by atoms with Crippen molar-refractivity contribution >= 4 is 24.2 Å². The topological polar surface area (TPSA) is 78.8 Å². The predicted octanol–water partition coefficient (Wildman–Crippen LogP) is 3.57. The molecule has 3 N–H and O–H groups in total. The number of fused-ring (bicyclic) bond motifs is 1. The van der Waals surface area contributed by atoms with Gasteiger partial charge in [-0.25, -0.2) is 0 Å². The van der Waals surface area contributed by atoms with E-state index in [1.807, 2.05) is 0 Å². The minimum absolute atomic E-state index is 0.0610. The van der Waals surface area contributed by atoms with Gasteiger partial charge in [0.15, 0.2) is 0 Å². The molecule has 0 aliphatic carbocycles. The van der Waals surface area contributed by atoms with Crippen LogP contribution in [0, 0.1) is 0 Å². The van der Waals surface area contributed by atoms with Crippen LogP contribution in [-0.2, 0) is 16.4 Å². The van der Waals surface area contributed by atoms with E-state index in [0.717, 1.165) is 36.4 Å². The average Bonchev–Trinajstić information content (AvgIpc) is 3.05. The van der Waals surface area contributed by atoms with Crippen molar-refractivity contribution in [3.63, 3.8) is 0 Å². The number of amides is 1. The standard InChI is InChI=1S/C22H14BF6NO4/c24-21(25,26)17-3-1-2-16-18(17)30-19(31)20(16,12-4-8-14(9-5-12)23(32)33)13-6-10-15(11-7-13)34-22(27,28)29/h1-11,32-33H,(H,30,31). The molecule has 12 heteroatoms. The molecule has 0 saturated heterocycles. The van der Waals surface area contributed by atoms with Crippen LogP contribution < -0.4 is 15.5 Å². The van der Waals surface area contributed by atoms with Gasteiger partial charge in [-0.3, -0.25) is 4.79 Å². The highest BCUT2D eigenvalue weighted by Crippen LogP contribution is 2.51. The van der Waals surface area contributed by atoms with Gasteiger partial charge in [-0.15, -0.1) is 13.2 Å². The lowest BCUT2D eigenvalue weighted by Gasteiger charge is -2.29. The third kappa shape index (κ3) is 3.99. The van der Waals surface area contributed by atoms with Crippen molar-refractivity contribution in [2.24, 2.45) is 0 Å². The van der Waals surface area contributed by atoms with Crippen LogP contribution in [0.15, 0.2) is 66.7 Å². The normalized spacial score (nSPS) is 17.8. The Hall–Kier alpha value is -3.51. The fraction of sp³-hybridized carbons (Fsp3) is 0.136. The number of ether oxygens (including phenoxy) is 1. The monoisotopic (exact) mass is 481 g/mol. The Labute approximate surface area is 188 Å². The van der Waals surface area contributed by atoms with Gasteiger partial charge in [-0.05, 0) is 34.8 Å². The van der Waals surface area contributed by atoms with E-state index in [4.69, 9.17) is 0 Å². The smallest absolute Gasteiger partial charge is 0.423 e. The first-order valence-corrected chi connectivity index (χ1v) is 9.69. The van der Waals surface area contributed by atoms with Crippen LogP contribution in [0.5, 0.6) is 5.75 Å². The molecule has 0 saturated carbocycles. The molecular weight excluding hydrogens is 467 g/mol. The number of carbonyl (C=O) groups is 1. The summed E-state index contributed by atoms with van der Waals surface area (Å²) in [4.78, 5) is 13.4. The highest BCUT2D eigenvalue weighted by atomic mass is 19.4. The third-order valence-corrected chi connectivity index (χ3v) is 5.52. The van der Waals surface area contributed by atoms with Crippen LogP contribution in [0.4, 0.5) is 32.0 Å². The Morgan fingerprint density at radius 3 is 1.88 bits per heavy atom.